The number of hydrogen-bond donors (Lipinski definition) is 2. The van der Waals surface area contributed by atoms with Crippen molar-refractivity contribution in [3.63, 3.8) is 0 Å². The molecule has 2 N–H and O–H groups in total. The SMILES string of the molecule is CCc1cc(C(=O)N2CCC3(CC2)NC(=O)c2cc(OC(C)C)ccc2O3)cc2cn[nH]c12. The zero-order chi connectivity index (χ0) is 23.2. The number of fused-ring (bicyclic) bond motifs is 2. The third-order valence-electron chi connectivity index (χ3n) is 6.33. The zero-order valence-electron chi connectivity index (χ0n) is 19.1. The Balaban J connectivity index is 1.31. The summed E-state index contributed by atoms with van der Waals surface area (Å²) in [7, 11) is 0. The van der Waals surface area contributed by atoms with Crippen molar-refractivity contribution in [2.24, 2.45) is 0 Å². The minimum absolute atomic E-state index is 0.0133. The third-order valence-corrected chi connectivity index (χ3v) is 6.33. The summed E-state index contributed by atoms with van der Waals surface area (Å²) in [5.74, 6) is 0.997. The minimum Gasteiger partial charge on any atom is -0.491 e. The van der Waals surface area contributed by atoms with Gasteiger partial charge in [-0.05, 0) is 56.2 Å². The molecule has 2 aliphatic heterocycles. The van der Waals surface area contributed by atoms with Crippen molar-refractivity contribution < 1.29 is 19.1 Å². The first-order chi connectivity index (χ1) is 15.9. The van der Waals surface area contributed by atoms with Crippen molar-refractivity contribution in [3.05, 3.63) is 53.2 Å². The highest BCUT2D eigenvalue weighted by atomic mass is 16.5. The van der Waals surface area contributed by atoms with E-state index >= 15 is 0 Å². The first kappa shape index (κ1) is 21.3. The van der Waals surface area contributed by atoms with E-state index in [1.54, 1.807) is 18.3 Å². The van der Waals surface area contributed by atoms with Gasteiger partial charge in [0.25, 0.3) is 11.8 Å². The summed E-state index contributed by atoms with van der Waals surface area (Å²) in [6, 6.07) is 9.15. The Kier molecular flexibility index (Phi) is 5.23. The maximum atomic E-state index is 13.2. The van der Waals surface area contributed by atoms with Crippen LogP contribution in [0.15, 0.2) is 36.5 Å². The van der Waals surface area contributed by atoms with Crippen LogP contribution in [-0.4, -0.2) is 51.8 Å². The molecule has 2 aliphatic rings. The van der Waals surface area contributed by atoms with Crippen molar-refractivity contribution in [2.45, 2.75) is 51.9 Å². The van der Waals surface area contributed by atoms with E-state index < -0.39 is 5.72 Å². The van der Waals surface area contributed by atoms with Crippen LogP contribution in [0.5, 0.6) is 11.5 Å². The second-order valence-electron chi connectivity index (χ2n) is 8.99. The molecule has 3 aromatic rings. The molecule has 1 fully saturated rings. The van der Waals surface area contributed by atoms with Crippen LogP contribution < -0.4 is 14.8 Å². The Labute approximate surface area is 192 Å². The van der Waals surface area contributed by atoms with Crippen LogP contribution >= 0.6 is 0 Å². The van der Waals surface area contributed by atoms with Gasteiger partial charge in [-0.15, -0.1) is 0 Å². The number of aromatic amines is 1. The molecule has 0 aliphatic carbocycles. The monoisotopic (exact) mass is 448 g/mol. The summed E-state index contributed by atoms with van der Waals surface area (Å²) < 4.78 is 12.0. The molecule has 0 saturated carbocycles. The van der Waals surface area contributed by atoms with Gasteiger partial charge in [0.2, 0.25) is 0 Å². The van der Waals surface area contributed by atoms with Gasteiger partial charge in [0, 0.05) is 36.9 Å². The normalized spacial score (nSPS) is 17.1. The molecule has 1 saturated heterocycles. The summed E-state index contributed by atoms with van der Waals surface area (Å²) >= 11 is 0. The molecule has 2 aromatic carbocycles. The van der Waals surface area contributed by atoms with Gasteiger partial charge in [-0.2, -0.15) is 5.10 Å². The smallest absolute Gasteiger partial charge is 0.258 e. The number of benzene rings is 2. The minimum atomic E-state index is -0.801. The van der Waals surface area contributed by atoms with E-state index in [9.17, 15) is 9.59 Å². The van der Waals surface area contributed by atoms with E-state index in [-0.39, 0.29) is 17.9 Å². The van der Waals surface area contributed by atoms with E-state index in [0.717, 1.165) is 22.9 Å². The number of H-pyrrole nitrogens is 1. The Morgan fingerprint density at radius 1 is 1.24 bits per heavy atom. The molecule has 0 bridgehead atoms. The Morgan fingerprint density at radius 2 is 2.03 bits per heavy atom. The number of rotatable bonds is 4. The van der Waals surface area contributed by atoms with E-state index in [1.807, 2.05) is 36.9 Å². The average Bonchev–Trinajstić information content (AvgIpc) is 3.27. The lowest BCUT2D eigenvalue weighted by molar-refractivity contribution is -0.0246. The molecular formula is C25H28N4O4. The van der Waals surface area contributed by atoms with E-state index in [2.05, 4.69) is 22.4 Å². The predicted octanol–water partition coefficient (Wildman–Crippen LogP) is 3.67. The number of nitrogens with zero attached hydrogens (tertiary/aromatic N) is 2. The van der Waals surface area contributed by atoms with Gasteiger partial charge in [-0.25, -0.2) is 0 Å². The van der Waals surface area contributed by atoms with Gasteiger partial charge < -0.3 is 19.7 Å². The van der Waals surface area contributed by atoms with Crippen molar-refractivity contribution in [1.29, 1.82) is 0 Å². The fourth-order valence-electron chi connectivity index (χ4n) is 4.65. The average molecular weight is 449 g/mol. The molecule has 5 rings (SSSR count). The fourth-order valence-corrected chi connectivity index (χ4v) is 4.65. The summed E-state index contributed by atoms with van der Waals surface area (Å²) in [4.78, 5) is 27.9. The van der Waals surface area contributed by atoms with Crippen LogP contribution in [0.25, 0.3) is 10.9 Å². The zero-order valence-corrected chi connectivity index (χ0v) is 19.1. The first-order valence-corrected chi connectivity index (χ1v) is 11.4. The predicted molar refractivity (Wildman–Crippen MR) is 124 cm³/mol. The second kappa shape index (κ2) is 8.10. The molecule has 8 nitrogen and oxygen atoms in total. The number of ether oxygens (including phenoxy) is 2. The molecule has 0 unspecified atom stereocenters. The molecule has 1 spiro atoms. The molecule has 33 heavy (non-hydrogen) atoms. The highest BCUT2D eigenvalue weighted by Crippen LogP contribution is 2.36. The first-order valence-electron chi connectivity index (χ1n) is 11.4. The number of likely N-dealkylation sites (tertiary alicyclic amines) is 1. The molecule has 8 heteroatoms. The molecule has 172 valence electrons. The number of piperidine rings is 1. The number of aromatic nitrogens is 2. The summed E-state index contributed by atoms with van der Waals surface area (Å²) in [6.07, 6.45) is 3.61. The molecule has 0 radical (unpaired) electrons. The van der Waals surface area contributed by atoms with Crippen LogP contribution in [0.1, 0.15) is 59.9 Å². The summed E-state index contributed by atoms with van der Waals surface area (Å²) in [5.41, 5.74) is 2.38. The quantitative estimate of drug-likeness (QED) is 0.635. The number of hydrogen-bond acceptors (Lipinski definition) is 5. The molecule has 2 amide bonds. The van der Waals surface area contributed by atoms with Gasteiger partial charge in [-0.3, -0.25) is 14.7 Å². The van der Waals surface area contributed by atoms with E-state index in [4.69, 9.17) is 9.47 Å². The lowest BCUT2D eigenvalue weighted by Crippen LogP contribution is -2.61. The topological polar surface area (TPSA) is 96.6 Å². The molecule has 1 aromatic heterocycles. The Morgan fingerprint density at radius 3 is 2.76 bits per heavy atom. The maximum absolute atomic E-state index is 13.2. The van der Waals surface area contributed by atoms with E-state index in [0.29, 0.717) is 48.6 Å². The van der Waals surface area contributed by atoms with Crippen LogP contribution in [0, 0.1) is 0 Å². The standard InChI is InChI=1S/C25H28N4O4/c1-4-16-11-17(12-18-14-26-28-22(16)18)24(31)29-9-7-25(8-10-29)27-23(30)20-13-19(32-15(2)3)5-6-21(20)33-25/h5-6,11-15H,4,7-10H2,1-3H3,(H,26,28)(H,27,30). The lowest BCUT2D eigenvalue weighted by Gasteiger charge is -2.44. The third kappa shape index (κ3) is 3.90. The van der Waals surface area contributed by atoms with Gasteiger partial charge >= 0.3 is 0 Å². The number of carbonyl (C=O) groups is 2. The largest absolute Gasteiger partial charge is 0.491 e. The van der Waals surface area contributed by atoms with Gasteiger partial charge in [0.05, 0.1) is 23.4 Å². The van der Waals surface area contributed by atoms with Crippen LogP contribution in [0.3, 0.4) is 0 Å². The maximum Gasteiger partial charge on any atom is 0.258 e. The van der Waals surface area contributed by atoms with E-state index in [1.165, 1.54) is 0 Å². The summed E-state index contributed by atoms with van der Waals surface area (Å²) in [5, 5.41) is 11.1. The number of aryl methyl sites for hydroxylation is 1. The highest BCUT2D eigenvalue weighted by Gasteiger charge is 2.43. The van der Waals surface area contributed by atoms with Crippen LogP contribution in [0.2, 0.25) is 0 Å². The number of nitrogens with one attached hydrogen (secondary N) is 2. The fraction of sp³-hybridized carbons (Fsp3) is 0.400. The van der Waals surface area contributed by atoms with Crippen molar-refractivity contribution in [3.8, 4) is 11.5 Å². The van der Waals surface area contributed by atoms with Crippen LogP contribution in [0.4, 0.5) is 0 Å². The molecular weight excluding hydrogens is 420 g/mol. The van der Waals surface area contributed by atoms with Crippen molar-refractivity contribution in [1.82, 2.24) is 20.4 Å². The lowest BCUT2D eigenvalue weighted by atomic mass is 9.96. The number of carbonyl (C=O) groups excluding carboxylic acids is 2. The van der Waals surface area contributed by atoms with Crippen LogP contribution in [-0.2, 0) is 6.42 Å². The summed E-state index contributed by atoms with van der Waals surface area (Å²) in [6.45, 7) is 6.93. The second-order valence-corrected chi connectivity index (χ2v) is 8.99. The molecule has 0 atom stereocenters. The van der Waals surface area contributed by atoms with Crippen molar-refractivity contribution in [2.75, 3.05) is 13.1 Å². The van der Waals surface area contributed by atoms with Crippen molar-refractivity contribution >= 4 is 22.7 Å². The Bertz CT molecular complexity index is 1220. The Hall–Kier alpha value is -3.55. The van der Waals surface area contributed by atoms with Gasteiger partial charge in [0.1, 0.15) is 11.5 Å². The molecule has 3 heterocycles. The van der Waals surface area contributed by atoms with Gasteiger partial charge in [0.15, 0.2) is 5.72 Å². The number of amides is 2. The highest BCUT2D eigenvalue weighted by molar-refractivity contribution is 6.00. The van der Waals surface area contributed by atoms with Gasteiger partial charge in [-0.1, -0.05) is 6.92 Å².